The predicted molar refractivity (Wildman–Crippen MR) is 93.1 cm³/mol. The van der Waals surface area contributed by atoms with E-state index in [0.29, 0.717) is 6.04 Å². The van der Waals surface area contributed by atoms with Crippen molar-refractivity contribution in [2.45, 2.75) is 39.3 Å². The van der Waals surface area contributed by atoms with Crippen LogP contribution in [0.1, 0.15) is 43.0 Å². The summed E-state index contributed by atoms with van der Waals surface area (Å²) in [4.78, 5) is 5.05. The first-order valence-corrected chi connectivity index (χ1v) is 9.00. The highest BCUT2D eigenvalue weighted by Crippen LogP contribution is 2.36. The highest BCUT2D eigenvalue weighted by atomic mass is 16.5. The fourth-order valence-corrected chi connectivity index (χ4v) is 4.01. The average Bonchev–Trinajstić information content (AvgIpc) is 2.60. The predicted octanol–water partition coefficient (Wildman–Crippen LogP) is 2.86. The summed E-state index contributed by atoms with van der Waals surface area (Å²) in [6.45, 7) is 11.5. The van der Waals surface area contributed by atoms with Crippen molar-refractivity contribution in [2.24, 2.45) is 0 Å². The molecule has 0 N–H and O–H groups in total. The Kier molecular flexibility index (Phi) is 5.57. The molecule has 3 rings (SSSR count). The van der Waals surface area contributed by atoms with Crippen LogP contribution in [0.4, 0.5) is 0 Å². The SMILES string of the molecule is CCC1c2cc(OC)c(CN3CCOCC3)cc2CCN1CC. The number of morpholine rings is 1. The molecule has 0 bridgehead atoms. The third-order valence-electron chi connectivity index (χ3n) is 5.30. The van der Waals surface area contributed by atoms with Crippen LogP contribution in [0.25, 0.3) is 0 Å². The van der Waals surface area contributed by atoms with Gasteiger partial charge < -0.3 is 9.47 Å². The highest BCUT2D eigenvalue weighted by molar-refractivity contribution is 5.45. The van der Waals surface area contributed by atoms with Crippen molar-refractivity contribution < 1.29 is 9.47 Å². The number of ether oxygens (including phenoxy) is 2. The number of likely N-dealkylation sites (N-methyl/N-ethyl adjacent to an activating group) is 1. The smallest absolute Gasteiger partial charge is 0.123 e. The van der Waals surface area contributed by atoms with Gasteiger partial charge in [0.05, 0.1) is 20.3 Å². The Hall–Kier alpha value is -1.10. The van der Waals surface area contributed by atoms with Crippen LogP contribution in [0.3, 0.4) is 0 Å². The van der Waals surface area contributed by atoms with Crippen molar-refractivity contribution in [2.75, 3.05) is 46.5 Å². The van der Waals surface area contributed by atoms with Gasteiger partial charge in [0, 0.05) is 37.8 Å². The summed E-state index contributed by atoms with van der Waals surface area (Å²) >= 11 is 0. The van der Waals surface area contributed by atoms with Gasteiger partial charge in [0.2, 0.25) is 0 Å². The van der Waals surface area contributed by atoms with Crippen LogP contribution in [0.2, 0.25) is 0 Å². The maximum Gasteiger partial charge on any atom is 0.123 e. The minimum Gasteiger partial charge on any atom is -0.496 e. The third-order valence-corrected chi connectivity index (χ3v) is 5.30. The summed E-state index contributed by atoms with van der Waals surface area (Å²) < 4.78 is 11.2. The van der Waals surface area contributed by atoms with Gasteiger partial charge >= 0.3 is 0 Å². The van der Waals surface area contributed by atoms with Gasteiger partial charge in [-0.1, -0.05) is 19.9 Å². The Morgan fingerprint density at radius 2 is 1.96 bits per heavy atom. The normalized spacial score (nSPS) is 22.8. The van der Waals surface area contributed by atoms with E-state index in [4.69, 9.17) is 9.47 Å². The van der Waals surface area contributed by atoms with E-state index < -0.39 is 0 Å². The Balaban J connectivity index is 1.87. The zero-order valence-corrected chi connectivity index (χ0v) is 14.8. The Bertz CT molecular complexity index is 526. The molecule has 1 unspecified atom stereocenters. The topological polar surface area (TPSA) is 24.9 Å². The molecule has 0 spiro atoms. The number of rotatable bonds is 5. The van der Waals surface area contributed by atoms with Crippen LogP contribution in [0.5, 0.6) is 5.75 Å². The first-order chi connectivity index (χ1) is 11.3. The highest BCUT2D eigenvalue weighted by Gasteiger charge is 2.27. The van der Waals surface area contributed by atoms with Gasteiger partial charge in [0.15, 0.2) is 0 Å². The molecule has 128 valence electrons. The second-order valence-corrected chi connectivity index (χ2v) is 6.55. The molecule has 1 saturated heterocycles. The molecule has 1 atom stereocenters. The number of hydrogen-bond donors (Lipinski definition) is 0. The molecule has 0 amide bonds. The van der Waals surface area contributed by atoms with Crippen molar-refractivity contribution in [3.63, 3.8) is 0 Å². The fraction of sp³-hybridized carbons (Fsp3) is 0.684. The fourth-order valence-electron chi connectivity index (χ4n) is 4.01. The first kappa shape index (κ1) is 16.7. The molecule has 4 heteroatoms. The summed E-state index contributed by atoms with van der Waals surface area (Å²) in [5.74, 6) is 1.05. The van der Waals surface area contributed by atoms with Crippen molar-refractivity contribution >= 4 is 0 Å². The van der Waals surface area contributed by atoms with Crippen molar-refractivity contribution in [3.05, 3.63) is 28.8 Å². The van der Waals surface area contributed by atoms with Gasteiger partial charge in [-0.3, -0.25) is 9.80 Å². The number of nitrogens with zero attached hydrogens (tertiary/aromatic N) is 2. The molecule has 0 aromatic heterocycles. The molecular weight excluding hydrogens is 288 g/mol. The van der Waals surface area contributed by atoms with Crippen LogP contribution in [-0.4, -0.2) is 56.3 Å². The van der Waals surface area contributed by atoms with Gasteiger partial charge in [-0.05, 0) is 36.6 Å². The van der Waals surface area contributed by atoms with Crippen LogP contribution in [0.15, 0.2) is 12.1 Å². The van der Waals surface area contributed by atoms with Crippen LogP contribution in [0, 0.1) is 0 Å². The minimum absolute atomic E-state index is 0.537. The maximum absolute atomic E-state index is 5.74. The number of benzene rings is 1. The van der Waals surface area contributed by atoms with Crippen LogP contribution in [-0.2, 0) is 17.7 Å². The molecule has 2 heterocycles. The average molecular weight is 318 g/mol. The first-order valence-electron chi connectivity index (χ1n) is 9.00. The minimum atomic E-state index is 0.537. The Morgan fingerprint density at radius 3 is 2.61 bits per heavy atom. The second-order valence-electron chi connectivity index (χ2n) is 6.55. The second kappa shape index (κ2) is 7.65. The van der Waals surface area contributed by atoms with Crippen LogP contribution >= 0.6 is 0 Å². The lowest BCUT2D eigenvalue weighted by Gasteiger charge is -2.37. The number of hydrogen-bond acceptors (Lipinski definition) is 4. The lowest BCUT2D eigenvalue weighted by atomic mass is 9.89. The van der Waals surface area contributed by atoms with Gasteiger partial charge in [-0.15, -0.1) is 0 Å². The van der Waals surface area contributed by atoms with E-state index in [-0.39, 0.29) is 0 Å². The van der Waals surface area contributed by atoms with Crippen molar-refractivity contribution in [1.82, 2.24) is 9.80 Å². The summed E-state index contributed by atoms with van der Waals surface area (Å²) in [7, 11) is 1.80. The molecular formula is C19H30N2O2. The van der Waals surface area contributed by atoms with Gasteiger partial charge in [0.1, 0.15) is 5.75 Å². The van der Waals surface area contributed by atoms with Crippen molar-refractivity contribution in [3.8, 4) is 5.75 Å². The lowest BCUT2D eigenvalue weighted by molar-refractivity contribution is 0.0338. The summed E-state index contributed by atoms with van der Waals surface area (Å²) in [6.07, 6.45) is 2.31. The van der Waals surface area contributed by atoms with Crippen LogP contribution < -0.4 is 4.74 Å². The molecule has 0 aliphatic carbocycles. The lowest BCUT2D eigenvalue weighted by Crippen LogP contribution is -2.36. The molecule has 1 aromatic carbocycles. The largest absolute Gasteiger partial charge is 0.496 e. The zero-order chi connectivity index (χ0) is 16.2. The van der Waals surface area contributed by atoms with E-state index in [1.54, 1.807) is 7.11 Å². The maximum atomic E-state index is 5.74. The summed E-state index contributed by atoms with van der Waals surface area (Å²) in [5, 5.41) is 0. The monoisotopic (exact) mass is 318 g/mol. The van der Waals surface area contributed by atoms with Crippen molar-refractivity contribution in [1.29, 1.82) is 0 Å². The molecule has 2 aliphatic heterocycles. The van der Waals surface area contributed by atoms with Gasteiger partial charge in [-0.25, -0.2) is 0 Å². The molecule has 0 saturated carbocycles. The Labute approximate surface area is 140 Å². The number of fused-ring (bicyclic) bond motifs is 1. The quantitative estimate of drug-likeness (QED) is 0.833. The van der Waals surface area contributed by atoms with Gasteiger partial charge in [-0.2, -0.15) is 0 Å². The van der Waals surface area contributed by atoms with E-state index in [1.165, 1.54) is 23.2 Å². The third kappa shape index (κ3) is 3.54. The van der Waals surface area contributed by atoms with E-state index in [9.17, 15) is 0 Å². The standard InChI is InChI=1S/C19H30N2O2/c1-4-18-17-13-19(22-3)16(14-20-8-10-23-11-9-20)12-15(17)6-7-21(18)5-2/h12-13,18H,4-11,14H2,1-3H3. The van der Waals surface area contributed by atoms with E-state index in [2.05, 4.69) is 35.8 Å². The number of methoxy groups -OCH3 is 1. The Morgan fingerprint density at radius 1 is 1.17 bits per heavy atom. The molecule has 1 fully saturated rings. The molecule has 0 radical (unpaired) electrons. The molecule has 23 heavy (non-hydrogen) atoms. The molecule has 4 nitrogen and oxygen atoms in total. The zero-order valence-electron chi connectivity index (χ0n) is 14.8. The molecule has 1 aromatic rings. The summed E-state index contributed by atoms with van der Waals surface area (Å²) in [5.41, 5.74) is 4.32. The van der Waals surface area contributed by atoms with E-state index in [1.807, 2.05) is 0 Å². The van der Waals surface area contributed by atoms with Gasteiger partial charge in [0.25, 0.3) is 0 Å². The van der Waals surface area contributed by atoms with E-state index in [0.717, 1.165) is 58.0 Å². The van der Waals surface area contributed by atoms with E-state index >= 15 is 0 Å². The molecule has 2 aliphatic rings. The summed E-state index contributed by atoms with van der Waals surface area (Å²) in [6, 6.07) is 5.25.